The van der Waals surface area contributed by atoms with Crippen LogP contribution in [0.15, 0.2) is 17.0 Å². The number of hydrogen-bond acceptors (Lipinski definition) is 4. The highest BCUT2D eigenvalue weighted by atomic mass is 32.2. The Morgan fingerprint density at radius 1 is 1.50 bits per heavy atom. The van der Waals surface area contributed by atoms with E-state index in [0.29, 0.717) is 6.54 Å². The van der Waals surface area contributed by atoms with Crippen LogP contribution in [0, 0.1) is 12.7 Å². The Bertz CT molecular complexity index is 604. The smallest absolute Gasteiger partial charge is 0.240 e. The molecule has 1 aliphatic heterocycles. The number of halogens is 1. The van der Waals surface area contributed by atoms with Gasteiger partial charge in [-0.2, -0.15) is 0 Å². The van der Waals surface area contributed by atoms with Gasteiger partial charge in [0.25, 0.3) is 0 Å². The van der Waals surface area contributed by atoms with Gasteiger partial charge in [0.15, 0.2) is 0 Å². The van der Waals surface area contributed by atoms with Gasteiger partial charge < -0.3 is 10.6 Å². The predicted octanol–water partition coefficient (Wildman–Crippen LogP) is 0.575. The third-order valence-corrected chi connectivity index (χ3v) is 5.05. The molecule has 1 aromatic rings. The Morgan fingerprint density at radius 3 is 2.75 bits per heavy atom. The van der Waals surface area contributed by atoms with E-state index in [-0.39, 0.29) is 28.6 Å². The van der Waals surface area contributed by atoms with Crippen LogP contribution in [-0.2, 0) is 16.6 Å². The van der Waals surface area contributed by atoms with Gasteiger partial charge in [-0.25, -0.2) is 17.5 Å². The summed E-state index contributed by atoms with van der Waals surface area (Å²) in [5, 5.41) is 0. The van der Waals surface area contributed by atoms with Crippen molar-refractivity contribution in [2.75, 3.05) is 20.1 Å². The average Bonchev–Trinajstić information content (AvgIpc) is 2.77. The van der Waals surface area contributed by atoms with E-state index in [0.717, 1.165) is 13.0 Å². The Labute approximate surface area is 119 Å². The first kappa shape index (κ1) is 15.4. The van der Waals surface area contributed by atoms with Crippen molar-refractivity contribution in [3.63, 3.8) is 0 Å². The molecule has 1 fully saturated rings. The van der Waals surface area contributed by atoms with Gasteiger partial charge in [-0.15, -0.1) is 0 Å². The van der Waals surface area contributed by atoms with Crippen molar-refractivity contribution < 1.29 is 12.8 Å². The van der Waals surface area contributed by atoms with Gasteiger partial charge in [0.2, 0.25) is 10.0 Å². The van der Waals surface area contributed by atoms with E-state index >= 15 is 0 Å². The third kappa shape index (κ3) is 3.17. The summed E-state index contributed by atoms with van der Waals surface area (Å²) in [6.07, 6.45) is 0.777. The molecule has 1 atom stereocenters. The van der Waals surface area contributed by atoms with E-state index in [1.165, 1.54) is 19.1 Å². The highest BCUT2D eigenvalue weighted by molar-refractivity contribution is 7.89. The first-order valence-corrected chi connectivity index (χ1v) is 8.02. The maximum absolute atomic E-state index is 13.7. The monoisotopic (exact) mass is 301 g/mol. The lowest BCUT2D eigenvalue weighted by Gasteiger charge is -2.15. The normalized spacial score (nSPS) is 20.5. The van der Waals surface area contributed by atoms with Crippen molar-refractivity contribution in [3.05, 3.63) is 29.1 Å². The summed E-state index contributed by atoms with van der Waals surface area (Å²) in [5.41, 5.74) is 5.96. The van der Waals surface area contributed by atoms with E-state index in [9.17, 15) is 12.8 Å². The molecule has 0 aromatic heterocycles. The van der Waals surface area contributed by atoms with Crippen molar-refractivity contribution in [1.29, 1.82) is 0 Å². The second kappa shape index (κ2) is 5.77. The predicted molar refractivity (Wildman–Crippen MR) is 75.3 cm³/mol. The van der Waals surface area contributed by atoms with Crippen LogP contribution in [0.5, 0.6) is 0 Å². The van der Waals surface area contributed by atoms with Crippen LogP contribution in [0.3, 0.4) is 0 Å². The molecule has 1 saturated heterocycles. The molecule has 5 nitrogen and oxygen atoms in total. The quantitative estimate of drug-likeness (QED) is 0.853. The van der Waals surface area contributed by atoms with Crippen LogP contribution >= 0.6 is 0 Å². The number of sulfonamides is 1. The molecule has 1 aliphatic rings. The molecule has 7 heteroatoms. The van der Waals surface area contributed by atoms with Crippen molar-refractivity contribution in [2.24, 2.45) is 5.73 Å². The van der Waals surface area contributed by atoms with Gasteiger partial charge in [-0.3, -0.25) is 0 Å². The Morgan fingerprint density at radius 2 is 2.20 bits per heavy atom. The number of hydrogen-bond donors (Lipinski definition) is 2. The average molecular weight is 301 g/mol. The summed E-state index contributed by atoms with van der Waals surface area (Å²) < 4.78 is 41.1. The molecule has 2 rings (SSSR count). The van der Waals surface area contributed by atoms with Crippen LogP contribution in [0.2, 0.25) is 0 Å². The lowest BCUT2D eigenvalue weighted by molar-refractivity contribution is 0.407. The number of nitrogens with zero attached hydrogens (tertiary/aromatic N) is 1. The lowest BCUT2D eigenvalue weighted by Crippen LogP contribution is -2.36. The largest absolute Gasteiger partial charge is 0.326 e. The highest BCUT2D eigenvalue weighted by Crippen LogP contribution is 2.20. The molecule has 112 valence electrons. The summed E-state index contributed by atoms with van der Waals surface area (Å²) in [5.74, 6) is -0.438. The summed E-state index contributed by atoms with van der Waals surface area (Å²) in [7, 11) is -1.69. The Hall–Kier alpha value is -1.02. The Kier molecular flexibility index (Phi) is 4.43. The van der Waals surface area contributed by atoms with Gasteiger partial charge in [0.1, 0.15) is 5.82 Å². The molecular weight excluding hydrogens is 281 g/mol. The minimum atomic E-state index is -3.64. The molecule has 1 unspecified atom stereocenters. The van der Waals surface area contributed by atoms with Crippen LogP contribution in [0.1, 0.15) is 17.5 Å². The van der Waals surface area contributed by atoms with E-state index < -0.39 is 15.8 Å². The molecule has 20 heavy (non-hydrogen) atoms. The minimum Gasteiger partial charge on any atom is -0.326 e. The van der Waals surface area contributed by atoms with Crippen molar-refractivity contribution >= 4 is 10.0 Å². The second-order valence-corrected chi connectivity index (χ2v) is 7.00. The maximum Gasteiger partial charge on any atom is 0.240 e. The summed E-state index contributed by atoms with van der Waals surface area (Å²) in [6, 6.07) is 2.55. The lowest BCUT2D eigenvalue weighted by atomic mass is 10.1. The number of likely N-dealkylation sites (N-methyl/N-ethyl adjacent to an activating group) is 1. The summed E-state index contributed by atoms with van der Waals surface area (Å²) in [4.78, 5) is 2.14. The van der Waals surface area contributed by atoms with Crippen molar-refractivity contribution in [3.8, 4) is 0 Å². The van der Waals surface area contributed by atoms with E-state index in [2.05, 4.69) is 9.62 Å². The zero-order chi connectivity index (χ0) is 14.9. The molecule has 0 bridgehead atoms. The van der Waals surface area contributed by atoms with Crippen LogP contribution in [-0.4, -0.2) is 39.5 Å². The molecule has 3 N–H and O–H groups in total. The highest BCUT2D eigenvalue weighted by Gasteiger charge is 2.26. The second-order valence-electron chi connectivity index (χ2n) is 5.29. The summed E-state index contributed by atoms with van der Waals surface area (Å²) in [6.45, 7) is 3.06. The molecule has 0 aliphatic carbocycles. The molecular formula is C13H20FN3O2S. The number of benzene rings is 1. The van der Waals surface area contributed by atoms with E-state index in [4.69, 9.17) is 5.73 Å². The first-order chi connectivity index (χ1) is 9.33. The number of rotatable bonds is 4. The standard InChI is InChI=1S/C13H20FN3O2S/c1-9-5-12(6-10(7-15)13(9)14)20(18,19)16-11-3-4-17(2)8-11/h5-6,11,16H,3-4,7-8,15H2,1-2H3. The fraction of sp³-hybridized carbons (Fsp3) is 0.538. The van der Waals surface area contributed by atoms with Gasteiger partial charge in [0, 0.05) is 24.7 Å². The number of nitrogens with one attached hydrogen (secondary N) is 1. The van der Waals surface area contributed by atoms with Gasteiger partial charge in [-0.1, -0.05) is 0 Å². The molecule has 1 heterocycles. The fourth-order valence-corrected chi connectivity index (χ4v) is 3.83. The number of aryl methyl sites for hydroxylation is 1. The van der Waals surface area contributed by atoms with Crippen LogP contribution in [0.25, 0.3) is 0 Å². The summed E-state index contributed by atoms with van der Waals surface area (Å²) >= 11 is 0. The van der Waals surface area contributed by atoms with Gasteiger partial charge in [0.05, 0.1) is 4.90 Å². The zero-order valence-electron chi connectivity index (χ0n) is 11.7. The van der Waals surface area contributed by atoms with Gasteiger partial charge in [-0.05, 0) is 44.6 Å². The SMILES string of the molecule is Cc1cc(S(=O)(=O)NC2CCN(C)C2)cc(CN)c1F. The maximum atomic E-state index is 13.7. The molecule has 0 saturated carbocycles. The third-order valence-electron chi connectivity index (χ3n) is 3.55. The topological polar surface area (TPSA) is 75.4 Å². The van der Waals surface area contributed by atoms with Gasteiger partial charge >= 0.3 is 0 Å². The molecule has 0 spiro atoms. The fourth-order valence-electron chi connectivity index (χ4n) is 2.43. The Balaban J connectivity index is 2.27. The molecule has 0 amide bonds. The van der Waals surface area contributed by atoms with Crippen molar-refractivity contribution in [1.82, 2.24) is 9.62 Å². The number of nitrogens with two attached hydrogens (primary N) is 1. The zero-order valence-corrected chi connectivity index (χ0v) is 12.5. The first-order valence-electron chi connectivity index (χ1n) is 6.53. The minimum absolute atomic E-state index is 0.0256. The van der Waals surface area contributed by atoms with Crippen LogP contribution in [0.4, 0.5) is 4.39 Å². The molecule has 1 aromatic carbocycles. The van der Waals surface area contributed by atoms with E-state index in [1.807, 2.05) is 7.05 Å². The van der Waals surface area contributed by atoms with Crippen molar-refractivity contribution in [2.45, 2.75) is 30.8 Å². The van der Waals surface area contributed by atoms with E-state index in [1.54, 1.807) is 0 Å². The van der Waals surface area contributed by atoms with Crippen LogP contribution < -0.4 is 10.5 Å². The number of likely N-dealkylation sites (tertiary alicyclic amines) is 1. The molecule has 0 radical (unpaired) electrons.